The van der Waals surface area contributed by atoms with Crippen molar-refractivity contribution in [2.24, 2.45) is 0 Å². The van der Waals surface area contributed by atoms with Crippen LogP contribution in [-0.4, -0.2) is 13.4 Å². The van der Waals surface area contributed by atoms with E-state index in [1.54, 1.807) is 37.4 Å². The van der Waals surface area contributed by atoms with E-state index in [1.807, 2.05) is 12.1 Å². The molecule has 0 saturated heterocycles. The van der Waals surface area contributed by atoms with E-state index >= 15 is 0 Å². The monoisotopic (exact) mass is 304 g/mol. The maximum absolute atomic E-state index is 12.4. The summed E-state index contributed by atoms with van der Waals surface area (Å²) in [6.45, 7) is 8.04. The molecule has 0 radical (unpaired) electrons. The second kappa shape index (κ2) is 5.48. The highest BCUT2D eigenvalue weighted by Gasteiger charge is 2.18. The molecule has 0 saturated carbocycles. The van der Waals surface area contributed by atoms with Gasteiger partial charge in [-0.15, -0.1) is 0 Å². The second-order valence-corrected chi connectivity index (χ2v) is 7.70. The van der Waals surface area contributed by atoms with Crippen molar-refractivity contribution in [2.75, 3.05) is 4.72 Å². The Kier molecular flexibility index (Phi) is 4.05. The Morgan fingerprint density at radius 2 is 1.67 bits per heavy atom. The maximum atomic E-state index is 12.4. The first-order valence-electron chi connectivity index (χ1n) is 6.75. The van der Waals surface area contributed by atoms with Crippen LogP contribution in [0, 0.1) is 6.92 Å². The molecule has 1 heterocycles. The molecule has 0 atom stereocenters. The Balaban J connectivity index is 2.30. The Labute approximate surface area is 126 Å². The van der Waals surface area contributed by atoms with Crippen molar-refractivity contribution >= 4 is 15.7 Å². The van der Waals surface area contributed by atoms with Crippen LogP contribution < -0.4 is 4.72 Å². The van der Waals surface area contributed by atoms with Gasteiger partial charge in [0.15, 0.2) is 0 Å². The third-order valence-electron chi connectivity index (χ3n) is 3.28. The molecule has 0 aliphatic rings. The number of aryl methyl sites for hydroxylation is 1. The van der Waals surface area contributed by atoms with Crippen molar-refractivity contribution < 1.29 is 8.42 Å². The van der Waals surface area contributed by atoms with Gasteiger partial charge >= 0.3 is 0 Å². The fourth-order valence-corrected chi connectivity index (χ4v) is 3.05. The standard InChI is InChI=1S/C16H20N2O2S/c1-12-15(6-5-11-17-12)18-21(19,20)14-9-7-13(8-10-14)16(2,3)4/h5-11,18H,1-4H3. The summed E-state index contributed by atoms with van der Waals surface area (Å²) >= 11 is 0. The fourth-order valence-electron chi connectivity index (χ4n) is 1.93. The minimum absolute atomic E-state index is 0.00431. The highest BCUT2D eigenvalue weighted by atomic mass is 32.2. The number of hydrogen-bond acceptors (Lipinski definition) is 3. The number of aromatic nitrogens is 1. The van der Waals surface area contributed by atoms with Gasteiger partial charge in [-0.2, -0.15) is 0 Å². The molecule has 0 fully saturated rings. The molecule has 0 spiro atoms. The zero-order valence-electron chi connectivity index (χ0n) is 12.7. The van der Waals surface area contributed by atoms with Crippen molar-refractivity contribution in [3.8, 4) is 0 Å². The van der Waals surface area contributed by atoms with Gasteiger partial charge in [0.25, 0.3) is 10.0 Å². The Morgan fingerprint density at radius 3 is 2.19 bits per heavy atom. The second-order valence-electron chi connectivity index (χ2n) is 6.02. The van der Waals surface area contributed by atoms with Gasteiger partial charge in [-0.05, 0) is 42.2 Å². The number of nitrogens with zero attached hydrogens (tertiary/aromatic N) is 1. The minimum Gasteiger partial charge on any atom is -0.278 e. The van der Waals surface area contributed by atoms with Crippen LogP contribution in [0.1, 0.15) is 32.0 Å². The zero-order valence-corrected chi connectivity index (χ0v) is 13.5. The van der Waals surface area contributed by atoms with Crippen LogP contribution in [0.15, 0.2) is 47.5 Å². The summed E-state index contributed by atoms with van der Waals surface area (Å²) in [5, 5.41) is 0. The lowest BCUT2D eigenvalue weighted by Gasteiger charge is -2.19. The highest BCUT2D eigenvalue weighted by Crippen LogP contribution is 2.24. The van der Waals surface area contributed by atoms with Crippen LogP contribution in [0.2, 0.25) is 0 Å². The number of nitrogens with one attached hydrogen (secondary N) is 1. The normalized spacial score (nSPS) is 12.2. The van der Waals surface area contributed by atoms with Crippen LogP contribution in [0.4, 0.5) is 5.69 Å². The van der Waals surface area contributed by atoms with Crippen molar-refractivity contribution in [3.05, 3.63) is 53.9 Å². The lowest BCUT2D eigenvalue weighted by Crippen LogP contribution is -2.15. The third kappa shape index (κ3) is 3.61. The first kappa shape index (κ1) is 15.5. The molecule has 0 unspecified atom stereocenters. The van der Waals surface area contributed by atoms with Crippen LogP contribution in [0.3, 0.4) is 0 Å². The van der Waals surface area contributed by atoms with Gasteiger partial charge in [0.1, 0.15) is 0 Å². The van der Waals surface area contributed by atoms with E-state index in [0.717, 1.165) is 5.56 Å². The number of sulfonamides is 1. The molecule has 0 aliphatic carbocycles. The van der Waals surface area contributed by atoms with Crippen LogP contribution in [0.25, 0.3) is 0 Å². The zero-order chi connectivity index (χ0) is 15.7. The van der Waals surface area contributed by atoms with E-state index in [4.69, 9.17) is 0 Å². The van der Waals surface area contributed by atoms with E-state index in [-0.39, 0.29) is 10.3 Å². The van der Waals surface area contributed by atoms with Gasteiger partial charge in [-0.1, -0.05) is 32.9 Å². The van der Waals surface area contributed by atoms with E-state index in [2.05, 4.69) is 30.5 Å². The Hall–Kier alpha value is -1.88. The molecular formula is C16H20N2O2S. The molecule has 112 valence electrons. The Morgan fingerprint density at radius 1 is 1.05 bits per heavy atom. The molecule has 2 rings (SSSR count). The summed E-state index contributed by atoms with van der Waals surface area (Å²) in [7, 11) is -3.59. The van der Waals surface area contributed by atoms with E-state index in [1.165, 1.54) is 0 Å². The largest absolute Gasteiger partial charge is 0.278 e. The topological polar surface area (TPSA) is 59.1 Å². The van der Waals surface area contributed by atoms with E-state index < -0.39 is 10.0 Å². The van der Waals surface area contributed by atoms with Gasteiger partial charge in [0, 0.05) is 6.20 Å². The molecule has 1 aromatic heterocycles. The lowest BCUT2D eigenvalue weighted by molar-refractivity contribution is 0.587. The molecule has 4 nitrogen and oxygen atoms in total. The molecule has 1 aromatic carbocycles. The third-order valence-corrected chi connectivity index (χ3v) is 4.66. The quantitative estimate of drug-likeness (QED) is 0.944. The maximum Gasteiger partial charge on any atom is 0.261 e. The summed E-state index contributed by atoms with van der Waals surface area (Å²) in [6, 6.07) is 10.4. The average Bonchev–Trinajstić information content (AvgIpc) is 2.40. The number of anilines is 1. The van der Waals surface area contributed by atoms with Crippen LogP contribution in [-0.2, 0) is 15.4 Å². The summed E-state index contributed by atoms with van der Waals surface area (Å²) in [6.07, 6.45) is 1.63. The molecule has 0 bridgehead atoms. The molecular weight excluding hydrogens is 284 g/mol. The summed E-state index contributed by atoms with van der Waals surface area (Å²) < 4.78 is 27.3. The first-order chi connectivity index (χ1) is 9.70. The predicted octanol–water partition coefficient (Wildman–Crippen LogP) is 3.49. The smallest absolute Gasteiger partial charge is 0.261 e. The van der Waals surface area contributed by atoms with E-state index in [0.29, 0.717) is 11.4 Å². The average molecular weight is 304 g/mol. The van der Waals surface area contributed by atoms with Crippen molar-refractivity contribution in [2.45, 2.75) is 38.0 Å². The van der Waals surface area contributed by atoms with Crippen LogP contribution >= 0.6 is 0 Å². The molecule has 5 heteroatoms. The molecule has 21 heavy (non-hydrogen) atoms. The van der Waals surface area contributed by atoms with Gasteiger partial charge in [0.05, 0.1) is 16.3 Å². The fraction of sp³-hybridized carbons (Fsp3) is 0.312. The van der Waals surface area contributed by atoms with Crippen molar-refractivity contribution in [3.63, 3.8) is 0 Å². The SMILES string of the molecule is Cc1ncccc1NS(=O)(=O)c1ccc(C(C)(C)C)cc1. The van der Waals surface area contributed by atoms with Crippen LogP contribution in [0.5, 0.6) is 0 Å². The number of benzene rings is 1. The lowest BCUT2D eigenvalue weighted by atomic mass is 9.87. The number of pyridine rings is 1. The van der Waals surface area contributed by atoms with Gasteiger partial charge in [-0.25, -0.2) is 8.42 Å². The summed E-state index contributed by atoms with van der Waals surface area (Å²) in [5.41, 5.74) is 2.24. The van der Waals surface area contributed by atoms with Crippen molar-refractivity contribution in [1.82, 2.24) is 4.98 Å². The minimum atomic E-state index is -3.59. The van der Waals surface area contributed by atoms with E-state index in [9.17, 15) is 8.42 Å². The predicted molar refractivity (Wildman–Crippen MR) is 84.9 cm³/mol. The van der Waals surface area contributed by atoms with Crippen molar-refractivity contribution in [1.29, 1.82) is 0 Å². The Bertz CT molecular complexity index is 730. The highest BCUT2D eigenvalue weighted by molar-refractivity contribution is 7.92. The molecule has 1 N–H and O–H groups in total. The van der Waals surface area contributed by atoms with Gasteiger partial charge in [0.2, 0.25) is 0 Å². The summed E-state index contributed by atoms with van der Waals surface area (Å²) in [4.78, 5) is 4.33. The molecule has 0 amide bonds. The summed E-state index contributed by atoms with van der Waals surface area (Å²) in [5.74, 6) is 0. The van der Waals surface area contributed by atoms with Gasteiger partial charge < -0.3 is 0 Å². The molecule has 2 aromatic rings. The first-order valence-corrected chi connectivity index (χ1v) is 8.23. The van der Waals surface area contributed by atoms with Gasteiger partial charge in [-0.3, -0.25) is 9.71 Å². The number of rotatable bonds is 3. The molecule has 0 aliphatic heterocycles. The number of hydrogen-bond donors (Lipinski definition) is 1.